The van der Waals surface area contributed by atoms with Gasteiger partial charge in [-0.05, 0) is 49.7 Å². The maximum atomic E-state index is 15.0. The van der Waals surface area contributed by atoms with E-state index >= 15 is 4.39 Å². The lowest BCUT2D eigenvalue weighted by atomic mass is 10.1. The number of anilines is 2. The first kappa shape index (κ1) is 23.0. The van der Waals surface area contributed by atoms with Crippen molar-refractivity contribution in [2.75, 3.05) is 38.5 Å². The molecule has 178 valence electrons. The molecule has 3 aromatic rings. The zero-order chi connectivity index (χ0) is 24.4. The molecule has 7 nitrogen and oxygen atoms in total. The zero-order valence-corrected chi connectivity index (χ0v) is 19.9. The van der Waals surface area contributed by atoms with Crippen LogP contribution in [-0.2, 0) is 13.0 Å². The second-order valence-corrected chi connectivity index (χ2v) is 9.11. The van der Waals surface area contributed by atoms with Crippen molar-refractivity contribution in [1.82, 2.24) is 19.8 Å². The Bertz CT molecular complexity index is 1310. The molecule has 0 spiro atoms. The highest BCUT2D eigenvalue weighted by Gasteiger charge is 2.21. The predicted molar refractivity (Wildman–Crippen MR) is 135 cm³/mol. The summed E-state index contributed by atoms with van der Waals surface area (Å²) >= 11 is 0. The van der Waals surface area contributed by atoms with Crippen LogP contribution >= 0.6 is 0 Å². The molecule has 0 radical (unpaired) electrons. The van der Waals surface area contributed by atoms with E-state index in [1.165, 1.54) is 11.9 Å². The molecular formula is C27H27FN6O. The van der Waals surface area contributed by atoms with Crippen molar-refractivity contribution in [3.63, 3.8) is 0 Å². The van der Waals surface area contributed by atoms with Gasteiger partial charge in [0.25, 0.3) is 5.69 Å². The number of aromatic nitrogens is 2. The Labute approximate surface area is 204 Å². The summed E-state index contributed by atoms with van der Waals surface area (Å²) in [5, 5.41) is 3.18. The van der Waals surface area contributed by atoms with Crippen LogP contribution in [0.2, 0.25) is 0 Å². The molecule has 1 aliphatic heterocycles. The minimum Gasteiger partial charge on any atom is -0.446 e. The van der Waals surface area contributed by atoms with E-state index in [0.29, 0.717) is 11.4 Å². The third-order valence-electron chi connectivity index (χ3n) is 6.42. The number of fused-ring (bicyclic) bond motifs is 1. The van der Waals surface area contributed by atoms with E-state index in [-0.39, 0.29) is 17.3 Å². The fourth-order valence-corrected chi connectivity index (χ4v) is 4.43. The summed E-state index contributed by atoms with van der Waals surface area (Å²) < 4.78 is 20.8. The van der Waals surface area contributed by atoms with Crippen molar-refractivity contribution in [3.05, 3.63) is 82.2 Å². The highest BCUT2D eigenvalue weighted by atomic mass is 19.1. The number of nitrogens with zero attached hydrogens (tertiary/aromatic N) is 5. The molecule has 0 unspecified atom stereocenters. The molecule has 8 heteroatoms. The lowest BCUT2D eigenvalue weighted by Gasteiger charge is -2.32. The van der Waals surface area contributed by atoms with Crippen molar-refractivity contribution in [3.8, 4) is 11.6 Å². The van der Waals surface area contributed by atoms with Crippen LogP contribution in [0.1, 0.15) is 23.6 Å². The van der Waals surface area contributed by atoms with E-state index in [1.54, 1.807) is 6.07 Å². The highest BCUT2D eigenvalue weighted by molar-refractivity contribution is 5.75. The van der Waals surface area contributed by atoms with Gasteiger partial charge in [0.2, 0.25) is 5.88 Å². The smallest absolute Gasteiger partial charge is 0.288 e. The van der Waals surface area contributed by atoms with Gasteiger partial charge in [-0.2, -0.15) is 0 Å². The molecule has 0 atom stereocenters. The van der Waals surface area contributed by atoms with E-state index in [2.05, 4.69) is 49.1 Å². The van der Waals surface area contributed by atoms with Gasteiger partial charge in [0.15, 0.2) is 11.6 Å². The van der Waals surface area contributed by atoms with Gasteiger partial charge in [0.05, 0.1) is 6.57 Å². The Hall–Kier alpha value is -3.80. The summed E-state index contributed by atoms with van der Waals surface area (Å²) in [6, 6.07) is 11.5. The Kier molecular flexibility index (Phi) is 6.45. The van der Waals surface area contributed by atoms with Crippen LogP contribution in [0.25, 0.3) is 10.9 Å². The monoisotopic (exact) mass is 470 g/mol. The summed E-state index contributed by atoms with van der Waals surface area (Å²) in [5.74, 6) is -0.0762. The average Bonchev–Trinajstić information content (AvgIpc) is 3.25. The first-order chi connectivity index (χ1) is 17.0. The van der Waals surface area contributed by atoms with E-state index in [0.717, 1.165) is 56.0 Å². The first-order valence-corrected chi connectivity index (χ1v) is 11.7. The van der Waals surface area contributed by atoms with Crippen LogP contribution in [0.5, 0.6) is 11.6 Å². The van der Waals surface area contributed by atoms with Gasteiger partial charge in [-0.15, -0.1) is 0 Å². The van der Waals surface area contributed by atoms with Gasteiger partial charge in [-0.25, -0.2) is 19.2 Å². The molecule has 1 saturated heterocycles. The fraction of sp³-hybridized carbons (Fsp3) is 0.296. The second kappa shape index (κ2) is 9.82. The summed E-state index contributed by atoms with van der Waals surface area (Å²) in [6.07, 6.45) is 3.87. The maximum Gasteiger partial charge on any atom is 0.288 e. The third kappa shape index (κ3) is 5.02. The van der Waals surface area contributed by atoms with Crippen molar-refractivity contribution >= 4 is 23.3 Å². The molecule has 0 amide bonds. The SMILES string of the molecule is [C-]#[N+]c1c(Nc2ccc(CN3CCN(C)CC3)cc2)ncnc1Oc1ccc2c(c1F)C=C(C)C2. The van der Waals surface area contributed by atoms with Crippen LogP contribution in [0, 0.1) is 12.4 Å². The Morgan fingerprint density at radius 2 is 1.86 bits per heavy atom. The molecule has 1 fully saturated rings. The van der Waals surface area contributed by atoms with Crippen LogP contribution in [0.3, 0.4) is 0 Å². The fourth-order valence-electron chi connectivity index (χ4n) is 4.43. The maximum absolute atomic E-state index is 15.0. The van der Waals surface area contributed by atoms with Gasteiger partial charge in [0.1, 0.15) is 12.1 Å². The number of nitrogens with one attached hydrogen (secondary N) is 1. The van der Waals surface area contributed by atoms with E-state index in [9.17, 15) is 0 Å². The molecule has 5 rings (SSSR count). The Morgan fingerprint density at radius 3 is 2.60 bits per heavy atom. The number of allylic oxidation sites excluding steroid dienone is 1. The number of benzene rings is 2. The summed E-state index contributed by atoms with van der Waals surface area (Å²) in [6.45, 7) is 14.8. The molecule has 1 N–H and O–H groups in total. The Balaban J connectivity index is 1.31. The van der Waals surface area contributed by atoms with E-state index < -0.39 is 5.82 Å². The van der Waals surface area contributed by atoms with Gasteiger partial charge in [-0.3, -0.25) is 4.90 Å². The van der Waals surface area contributed by atoms with Gasteiger partial charge >= 0.3 is 0 Å². The summed E-state index contributed by atoms with van der Waals surface area (Å²) in [7, 11) is 2.15. The summed E-state index contributed by atoms with van der Waals surface area (Å²) in [5.41, 5.74) is 4.69. The zero-order valence-electron chi connectivity index (χ0n) is 19.9. The van der Waals surface area contributed by atoms with Crippen molar-refractivity contribution < 1.29 is 9.13 Å². The molecule has 1 aromatic heterocycles. The topological polar surface area (TPSA) is 57.9 Å². The number of hydrogen-bond donors (Lipinski definition) is 1. The molecule has 0 bridgehead atoms. The number of hydrogen-bond acceptors (Lipinski definition) is 6. The van der Waals surface area contributed by atoms with Crippen molar-refractivity contribution in [2.24, 2.45) is 0 Å². The molecule has 1 aliphatic carbocycles. The minimum absolute atomic E-state index is 0.0155. The highest BCUT2D eigenvalue weighted by Crippen LogP contribution is 2.39. The largest absolute Gasteiger partial charge is 0.446 e. The number of halogens is 1. The molecule has 0 saturated carbocycles. The molecular weight excluding hydrogens is 443 g/mol. The van der Waals surface area contributed by atoms with Crippen LogP contribution in [0.4, 0.5) is 21.6 Å². The van der Waals surface area contributed by atoms with Crippen LogP contribution in [-0.4, -0.2) is 53.0 Å². The van der Waals surface area contributed by atoms with Gasteiger partial charge in [-0.1, -0.05) is 29.8 Å². The number of rotatable bonds is 6. The number of ether oxygens (including phenoxy) is 1. The summed E-state index contributed by atoms with van der Waals surface area (Å²) in [4.78, 5) is 16.7. The number of piperazine rings is 1. The lowest BCUT2D eigenvalue weighted by Crippen LogP contribution is -2.43. The van der Waals surface area contributed by atoms with Crippen molar-refractivity contribution in [1.29, 1.82) is 0 Å². The van der Waals surface area contributed by atoms with Crippen molar-refractivity contribution in [2.45, 2.75) is 19.9 Å². The van der Waals surface area contributed by atoms with Gasteiger partial charge < -0.3 is 15.0 Å². The van der Waals surface area contributed by atoms with E-state index in [1.807, 2.05) is 31.2 Å². The van der Waals surface area contributed by atoms with E-state index in [4.69, 9.17) is 11.3 Å². The van der Waals surface area contributed by atoms with Gasteiger partial charge in [0, 0.05) is 44.0 Å². The molecule has 2 aromatic carbocycles. The molecule has 2 heterocycles. The standard InChI is InChI=1S/C27H27FN6O/c1-18-14-20-6-9-23(24(28)22(20)15-18)35-27-25(29-2)26(30-17-31-27)32-21-7-4-19(5-8-21)16-34-12-10-33(3)11-13-34/h4-9,15,17H,10-14,16H2,1,3H3,(H,30,31,32). The second-order valence-electron chi connectivity index (χ2n) is 9.11. The normalized spacial score (nSPS) is 15.9. The predicted octanol–water partition coefficient (Wildman–Crippen LogP) is 5.41. The minimum atomic E-state index is -0.445. The van der Waals surface area contributed by atoms with Crippen LogP contribution in [0.15, 0.2) is 48.3 Å². The lowest BCUT2D eigenvalue weighted by molar-refractivity contribution is 0.148. The third-order valence-corrected chi connectivity index (χ3v) is 6.42. The molecule has 2 aliphatic rings. The quantitative estimate of drug-likeness (QED) is 0.486. The van der Waals surface area contributed by atoms with Crippen LogP contribution < -0.4 is 10.1 Å². The number of likely N-dealkylation sites (N-methyl/N-ethyl adjacent to an activating group) is 1. The molecule has 35 heavy (non-hydrogen) atoms. The first-order valence-electron chi connectivity index (χ1n) is 11.7. The average molecular weight is 471 g/mol. The Morgan fingerprint density at radius 1 is 1.09 bits per heavy atom.